The van der Waals surface area contributed by atoms with E-state index in [1.54, 1.807) is 13.0 Å². The summed E-state index contributed by atoms with van der Waals surface area (Å²) in [7, 11) is 0. The van der Waals surface area contributed by atoms with Crippen LogP contribution in [0.25, 0.3) is 0 Å². The SMILES string of the molecule is Cc1oc(C(C)C)cc1C(=O)N(CC(=O)O)Cc1ccccc1. The molecule has 1 aromatic carbocycles. The summed E-state index contributed by atoms with van der Waals surface area (Å²) in [6.07, 6.45) is 0. The van der Waals surface area contributed by atoms with Crippen molar-refractivity contribution in [2.24, 2.45) is 0 Å². The minimum absolute atomic E-state index is 0.164. The first kappa shape index (κ1) is 16.8. The summed E-state index contributed by atoms with van der Waals surface area (Å²) in [5, 5.41) is 9.10. The lowest BCUT2D eigenvalue weighted by molar-refractivity contribution is -0.137. The Kier molecular flexibility index (Phi) is 5.21. The fraction of sp³-hybridized carbons (Fsp3) is 0.333. The molecule has 1 heterocycles. The van der Waals surface area contributed by atoms with Gasteiger partial charge in [0.15, 0.2) is 0 Å². The summed E-state index contributed by atoms with van der Waals surface area (Å²) in [4.78, 5) is 25.2. The minimum Gasteiger partial charge on any atom is -0.480 e. The number of hydrogen-bond donors (Lipinski definition) is 1. The van der Waals surface area contributed by atoms with Crippen LogP contribution >= 0.6 is 0 Å². The van der Waals surface area contributed by atoms with E-state index in [2.05, 4.69) is 0 Å². The summed E-state index contributed by atoms with van der Waals surface area (Å²) < 4.78 is 5.61. The van der Waals surface area contributed by atoms with Gasteiger partial charge in [0.1, 0.15) is 18.1 Å². The van der Waals surface area contributed by atoms with Gasteiger partial charge in [-0.15, -0.1) is 0 Å². The first-order valence-electron chi connectivity index (χ1n) is 7.53. The van der Waals surface area contributed by atoms with Gasteiger partial charge in [-0.05, 0) is 18.6 Å². The van der Waals surface area contributed by atoms with Gasteiger partial charge in [0.25, 0.3) is 5.91 Å². The van der Waals surface area contributed by atoms with E-state index in [9.17, 15) is 9.59 Å². The van der Waals surface area contributed by atoms with Crippen LogP contribution in [-0.2, 0) is 11.3 Å². The Hall–Kier alpha value is -2.56. The third-order valence-corrected chi connectivity index (χ3v) is 3.57. The molecule has 1 amide bonds. The Labute approximate surface area is 135 Å². The number of aryl methyl sites for hydroxylation is 1. The second-order valence-corrected chi connectivity index (χ2v) is 5.81. The van der Waals surface area contributed by atoms with Crippen molar-refractivity contribution in [1.29, 1.82) is 0 Å². The van der Waals surface area contributed by atoms with Crippen LogP contribution in [0.2, 0.25) is 0 Å². The number of furan rings is 1. The molecule has 0 unspecified atom stereocenters. The smallest absolute Gasteiger partial charge is 0.323 e. The van der Waals surface area contributed by atoms with Gasteiger partial charge in [0.2, 0.25) is 0 Å². The summed E-state index contributed by atoms with van der Waals surface area (Å²) in [6.45, 7) is 5.57. The van der Waals surface area contributed by atoms with Crippen LogP contribution in [0.15, 0.2) is 40.8 Å². The average molecular weight is 315 g/mol. The number of carbonyl (C=O) groups excluding carboxylic acids is 1. The number of carbonyl (C=O) groups is 2. The van der Waals surface area contributed by atoms with Crippen LogP contribution in [0.1, 0.15) is 47.2 Å². The maximum Gasteiger partial charge on any atom is 0.323 e. The summed E-state index contributed by atoms with van der Waals surface area (Å²) in [5.41, 5.74) is 1.30. The van der Waals surface area contributed by atoms with Crippen molar-refractivity contribution in [3.63, 3.8) is 0 Å². The standard InChI is InChI=1S/C18H21NO4/c1-12(2)16-9-15(13(3)23-16)18(22)19(11-17(20)21)10-14-7-5-4-6-8-14/h4-9,12H,10-11H2,1-3H3,(H,20,21). The molecule has 23 heavy (non-hydrogen) atoms. The van der Waals surface area contributed by atoms with Crippen molar-refractivity contribution < 1.29 is 19.1 Å². The highest BCUT2D eigenvalue weighted by molar-refractivity contribution is 5.96. The molecular weight excluding hydrogens is 294 g/mol. The molecule has 1 N–H and O–H groups in total. The number of carboxylic acid groups (broad SMARTS) is 1. The summed E-state index contributed by atoms with van der Waals surface area (Å²) >= 11 is 0. The summed E-state index contributed by atoms with van der Waals surface area (Å²) in [6, 6.07) is 11.0. The molecule has 0 radical (unpaired) electrons. The molecule has 1 aromatic heterocycles. The number of aliphatic carboxylic acids is 1. The molecule has 0 fully saturated rings. The van der Waals surface area contributed by atoms with Gasteiger partial charge in [0, 0.05) is 12.5 Å². The maximum absolute atomic E-state index is 12.7. The molecular formula is C18H21NO4. The number of carboxylic acids is 1. The molecule has 2 rings (SSSR count). The Bertz CT molecular complexity index is 688. The van der Waals surface area contributed by atoms with E-state index in [0.717, 1.165) is 11.3 Å². The van der Waals surface area contributed by atoms with Crippen molar-refractivity contribution in [2.75, 3.05) is 6.54 Å². The molecule has 0 spiro atoms. The van der Waals surface area contributed by atoms with Gasteiger partial charge in [-0.2, -0.15) is 0 Å². The Balaban J connectivity index is 2.27. The molecule has 0 aliphatic rings. The molecule has 2 aromatic rings. The number of hydrogen-bond acceptors (Lipinski definition) is 3. The van der Waals surface area contributed by atoms with E-state index in [0.29, 0.717) is 11.3 Å². The molecule has 0 aliphatic heterocycles. The van der Waals surface area contributed by atoms with Crippen molar-refractivity contribution in [3.05, 3.63) is 59.0 Å². The van der Waals surface area contributed by atoms with Gasteiger partial charge >= 0.3 is 5.97 Å². The Morgan fingerprint density at radius 2 is 1.87 bits per heavy atom. The number of rotatable bonds is 6. The van der Waals surface area contributed by atoms with Crippen molar-refractivity contribution in [3.8, 4) is 0 Å². The number of benzene rings is 1. The second kappa shape index (κ2) is 7.13. The molecule has 0 saturated heterocycles. The third kappa shape index (κ3) is 4.22. The van der Waals surface area contributed by atoms with Crippen LogP contribution in [0.4, 0.5) is 0 Å². The lowest BCUT2D eigenvalue weighted by atomic mass is 10.1. The minimum atomic E-state index is -1.04. The zero-order valence-corrected chi connectivity index (χ0v) is 13.6. The quantitative estimate of drug-likeness (QED) is 0.886. The van der Waals surface area contributed by atoms with Crippen LogP contribution in [-0.4, -0.2) is 28.4 Å². The Morgan fingerprint density at radius 3 is 2.39 bits per heavy atom. The van der Waals surface area contributed by atoms with Crippen molar-refractivity contribution >= 4 is 11.9 Å². The van der Waals surface area contributed by atoms with Crippen molar-refractivity contribution in [2.45, 2.75) is 33.2 Å². The Morgan fingerprint density at radius 1 is 1.22 bits per heavy atom. The highest BCUT2D eigenvalue weighted by atomic mass is 16.4. The average Bonchev–Trinajstić information content (AvgIpc) is 2.89. The third-order valence-electron chi connectivity index (χ3n) is 3.57. The first-order valence-corrected chi connectivity index (χ1v) is 7.53. The predicted octanol–water partition coefficient (Wildman–Crippen LogP) is 3.44. The largest absolute Gasteiger partial charge is 0.480 e. The molecule has 5 nitrogen and oxygen atoms in total. The van der Waals surface area contributed by atoms with Gasteiger partial charge in [-0.1, -0.05) is 44.2 Å². The molecule has 0 atom stereocenters. The second-order valence-electron chi connectivity index (χ2n) is 5.81. The fourth-order valence-corrected chi connectivity index (χ4v) is 2.34. The van der Waals surface area contributed by atoms with Gasteiger partial charge in [-0.3, -0.25) is 9.59 Å². The highest BCUT2D eigenvalue weighted by Gasteiger charge is 2.23. The molecule has 0 aliphatic carbocycles. The molecule has 0 bridgehead atoms. The van der Waals surface area contributed by atoms with E-state index < -0.39 is 5.97 Å². The van der Waals surface area contributed by atoms with Crippen LogP contribution in [0.5, 0.6) is 0 Å². The van der Waals surface area contributed by atoms with Crippen LogP contribution < -0.4 is 0 Å². The lowest BCUT2D eigenvalue weighted by Gasteiger charge is -2.20. The number of nitrogens with zero attached hydrogens (tertiary/aromatic N) is 1. The predicted molar refractivity (Wildman–Crippen MR) is 86.4 cm³/mol. The van der Waals surface area contributed by atoms with E-state index in [-0.39, 0.29) is 24.9 Å². The van der Waals surface area contributed by atoms with E-state index in [4.69, 9.17) is 9.52 Å². The maximum atomic E-state index is 12.7. The van der Waals surface area contributed by atoms with Gasteiger partial charge in [-0.25, -0.2) is 0 Å². The zero-order chi connectivity index (χ0) is 17.0. The van der Waals surface area contributed by atoms with Crippen LogP contribution in [0.3, 0.4) is 0 Å². The normalized spacial score (nSPS) is 10.8. The monoisotopic (exact) mass is 315 g/mol. The molecule has 122 valence electrons. The van der Waals surface area contributed by atoms with Crippen LogP contribution in [0, 0.1) is 6.92 Å². The first-order chi connectivity index (χ1) is 10.9. The molecule has 0 saturated carbocycles. The fourth-order valence-electron chi connectivity index (χ4n) is 2.34. The lowest BCUT2D eigenvalue weighted by Crippen LogP contribution is -2.35. The number of amides is 1. The van der Waals surface area contributed by atoms with Gasteiger partial charge in [0.05, 0.1) is 5.56 Å². The summed E-state index contributed by atoms with van der Waals surface area (Å²) in [5.74, 6) is 0.0317. The van der Waals surface area contributed by atoms with Gasteiger partial charge < -0.3 is 14.4 Å². The molecule has 5 heteroatoms. The zero-order valence-electron chi connectivity index (χ0n) is 13.6. The van der Waals surface area contributed by atoms with Crippen molar-refractivity contribution in [1.82, 2.24) is 4.90 Å². The topological polar surface area (TPSA) is 70.8 Å². The van der Waals surface area contributed by atoms with E-state index >= 15 is 0 Å². The van der Waals surface area contributed by atoms with E-state index in [1.165, 1.54) is 4.90 Å². The van der Waals surface area contributed by atoms with E-state index in [1.807, 2.05) is 44.2 Å². The highest BCUT2D eigenvalue weighted by Crippen LogP contribution is 2.23.